The van der Waals surface area contributed by atoms with Gasteiger partial charge in [-0.3, -0.25) is 0 Å². The fraction of sp³-hybridized carbons (Fsp3) is 1.00. The predicted molar refractivity (Wildman–Crippen MR) is 101 cm³/mol. The maximum Gasteiger partial charge on any atom is 0.224 e. The molecular weight excluding hydrogens is 472 g/mol. The second-order valence-corrected chi connectivity index (χ2v) is 8.41. The van der Waals surface area contributed by atoms with Crippen LogP contribution in [0.15, 0.2) is 0 Å². The van der Waals surface area contributed by atoms with Gasteiger partial charge in [-0.2, -0.15) is 0 Å². The second-order valence-electron chi connectivity index (χ2n) is 8.41. The Labute approximate surface area is 192 Å². The van der Waals surface area contributed by atoms with Crippen LogP contribution in [0, 0.1) is 0 Å². The Morgan fingerprint density at radius 3 is 1.65 bits per heavy atom. The average Bonchev–Trinajstić information content (AvgIpc) is 3.08. The molecule has 0 aliphatic carbocycles. The molecule has 0 bridgehead atoms. The first kappa shape index (κ1) is 27.9. The summed E-state index contributed by atoms with van der Waals surface area (Å²) < 4.78 is 26.4. The molecule has 3 saturated heterocycles. The van der Waals surface area contributed by atoms with E-state index >= 15 is 0 Å². The van der Waals surface area contributed by atoms with Crippen molar-refractivity contribution in [3.05, 3.63) is 0 Å². The first-order valence-electron chi connectivity index (χ1n) is 10.6. The Kier molecular flexibility index (Phi) is 9.18. The molecule has 3 heterocycles. The molecule has 14 atom stereocenters. The Balaban J connectivity index is 1.69. The molecule has 16 heteroatoms. The van der Waals surface area contributed by atoms with E-state index in [1.54, 1.807) is 0 Å². The summed E-state index contributed by atoms with van der Waals surface area (Å²) in [6.45, 7) is -3.14. The van der Waals surface area contributed by atoms with Gasteiger partial charge < -0.3 is 79.9 Å². The number of aliphatic hydroxyl groups is 11. The number of hydrogen-bond donors (Lipinski definition) is 11. The predicted octanol–water partition coefficient (Wildman–Crippen LogP) is -7.57. The topological polar surface area (TPSA) is 269 Å². The Hall–Kier alpha value is -0.640. The molecule has 16 nitrogen and oxygen atoms in total. The number of hydrogen-bond acceptors (Lipinski definition) is 16. The van der Waals surface area contributed by atoms with Gasteiger partial charge in [0.2, 0.25) is 5.79 Å². The van der Waals surface area contributed by atoms with Gasteiger partial charge in [0.15, 0.2) is 12.6 Å². The lowest BCUT2D eigenvalue weighted by Crippen LogP contribution is -2.63. The molecule has 0 spiro atoms. The van der Waals surface area contributed by atoms with Crippen LogP contribution in [-0.2, 0) is 23.7 Å². The van der Waals surface area contributed by atoms with E-state index < -0.39 is 112 Å². The average molecular weight is 504 g/mol. The molecule has 3 aliphatic heterocycles. The molecular formula is C18H32O16. The first-order valence-corrected chi connectivity index (χ1v) is 10.6. The molecule has 0 saturated carbocycles. The highest BCUT2D eigenvalue weighted by Crippen LogP contribution is 2.36. The lowest BCUT2D eigenvalue weighted by atomic mass is 9.98. The highest BCUT2D eigenvalue weighted by Gasteiger charge is 2.58. The third-order valence-corrected chi connectivity index (χ3v) is 6.16. The first-order chi connectivity index (χ1) is 16.0. The van der Waals surface area contributed by atoms with Crippen molar-refractivity contribution < 1.29 is 79.9 Å². The highest BCUT2D eigenvalue weighted by molar-refractivity contribution is 4.98. The molecule has 0 unspecified atom stereocenters. The van der Waals surface area contributed by atoms with Gasteiger partial charge in [-0.05, 0) is 0 Å². The lowest BCUT2D eigenvalue weighted by molar-refractivity contribution is -0.388. The second kappa shape index (κ2) is 11.2. The van der Waals surface area contributed by atoms with Crippen molar-refractivity contribution in [3.8, 4) is 0 Å². The normalized spacial score (nSPS) is 52.1. The maximum atomic E-state index is 10.3. The van der Waals surface area contributed by atoms with E-state index in [0.29, 0.717) is 0 Å². The van der Waals surface area contributed by atoms with Crippen molar-refractivity contribution in [2.45, 2.75) is 85.5 Å². The van der Waals surface area contributed by atoms with Crippen molar-refractivity contribution >= 4 is 0 Å². The Bertz CT molecular complexity index is 653. The molecule has 3 fully saturated rings. The summed E-state index contributed by atoms with van der Waals surface area (Å²) >= 11 is 0. The number of ether oxygens (including phenoxy) is 5. The van der Waals surface area contributed by atoms with Gasteiger partial charge in [-0.1, -0.05) is 0 Å². The maximum absolute atomic E-state index is 10.3. The summed E-state index contributed by atoms with van der Waals surface area (Å²) in [4.78, 5) is 0. The van der Waals surface area contributed by atoms with E-state index in [2.05, 4.69) is 0 Å². The van der Waals surface area contributed by atoms with Gasteiger partial charge in [0, 0.05) is 0 Å². The van der Waals surface area contributed by atoms with Crippen LogP contribution in [0.25, 0.3) is 0 Å². The van der Waals surface area contributed by atoms with E-state index in [0.717, 1.165) is 0 Å². The van der Waals surface area contributed by atoms with Crippen LogP contribution < -0.4 is 0 Å². The van der Waals surface area contributed by atoms with Crippen molar-refractivity contribution in [1.29, 1.82) is 0 Å². The molecule has 0 aromatic heterocycles. The molecule has 34 heavy (non-hydrogen) atoms. The molecule has 3 rings (SSSR count). The minimum absolute atomic E-state index is 0.634. The summed E-state index contributed by atoms with van der Waals surface area (Å²) in [5.74, 6) is -2.36. The fourth-order valence-electron chi connectivity index (χ4n) is 4.01. The van der Waals surface area contributed by atoms with Crippen LogP contribution in [0.1, 0.15) is 0 Å². The summed E-state index contributed by atoms with van der Waals surface area (Å²) in [5, 5.41) is 109. The van der Waals surface area contributed by atoms with E-state index in [1.807, 2.05) is 0 Å². The Morgan fingerprint density at radius 2 is 1.12 bits per heavy atom. The number of rotatable bonds is 8. The molecule has 0 amide bonds. The molecule has 0 aromatic rings. The fourth-order valence-corrected chi connectivity index (χ4v) is 4.01. The minimum atomic E-state index is -2.36. The van der Waals surface area contributed by atoms with Crippen molar-refractivity contribution in [3.63, 3.8) is 0 Å². The van der Waals surface area contributed by atoms with Gasteiger partial charge in [-0.25, -0.2) is 0 Å². The van der Waals surface area contributed by atoms with Crippen LogP contribution in [0.5, 0.6) is 0 Å². The summed E-state index contributed by atoms with van der Waals surface area (Å²) in [7, 11) is 0. The van der Waals surface area contributed by atoms with Gasteiger partial charge in [0.25, 0.3) is 0 Å². The Morgan fingerprint density at radius 1 is 0.588 bits per heavy atom. The zero-order valence-electron chi connectivity index (χ0n) is 17.8. The van der Waals surface area contributed by atoms with Crippen LogP contribution in [-0.4, -0.2) is 168 Å². The molecule has 0 radical (unpaired) electrons. The highest BCUT2D eigenvalue weighted by atomic mass is 16.8. The number of aliphatic hydroxyl groups excluding tert-OH is 11. The van der Waals surface area contributed by atoms with E-state index in [4.69, 9.17) is 23.7 Å². The van der Waals surface area contributed by atoms with Crippen molar-refractivity contribution in [2.75, 3.05) is 26.4 Å². The van der Waals surface area contributed by atoms with Crippen molar-refractivity contribution in [1.82, 2.24) is 0 Å². The van der Waals surface area contributed by atoms with Crippen molar-refractivity contribution in [2.24, 2.45) is 0 Å². The molecule has 200 valence electrons. The van der Waals surface area contributed by atoms with E-state index in [-0.39, 0.29) is 0 Å². The molecule has 0 aromatic carbocycles. The van der Waals surface area contributed by atoms with Crippen LogP contribution >= 0.6 is 0 Å². The summed E-state index contributed by atoms with van der Waals surface area (Å²) in [6, 6.07) is 0. The van der Waals surface area contributed by atoms with Crippen LogP contribution in [0.4, 0.5) is 0 Å². The lowest BCUT2D eigenvalue weighted by Gasteiger charge is -2.44. The van der Waals surface area contributed by atoms with Gasteiger partial charge in [-0.15, -0.1) is 0 Å². The molecule has 11 N–H and O–H groups in total. The van der Waals surface area contributed by atoms with E-state index in [9.17, 15) is 56.2 Å². The SMILES string of the molecule is OC[C@H]1O[C@H](OC[C@@H]2O[C@H](O[C@]3(CO)O[C@H](CO)[C@@H](O)[C@@H]3O)[C@H](O)[C@H](O)[C@@H]2O)[C@H](O)[C@H](O)[C@H]1O. The molecule has 3 aliphatic rings. The van der Waals surface area contributed by atoms with Crippen LogP contribution in [0.2, 0.25) is 0 Å². The summed E-state index contributed by atoms with van der Waals surface area (Å²) in [5.41, 5.74) is 0. The van der Waals surface area contributed by atoms with Gasteiger partial charge in [0.1, 0.15) is 73.8 Å². The van der Waals surface area contributed by atoms with Crippen LogP contribution in [0.3, 0.4) is 0 Å². The zero-order valence-corrected chi connectivity index (χ0v) is 17.8. The third-order valence-electron chi connectivity index (χ3n) is 6.16. The van der Waals surface area contributed by atoms with E-state index in [1.165, 1.54) is 0 Å². The summed E-state index contributed by atoms with van der Waals surface area (Å²) in [6.07, 6.45) is -21.8. The largest absolute Gasteiger partial charge is 0.394 e. The minimum Gasteiger partial charge on any atom is -0.394 e. The van der Waals surface area contributed by atoms with Gasteiger partial charge >= 0.3 is 0 Å². The zero-order chi connectivity index (χ0) is 25.4. The smallest absolute Gasteiger partial charge is 0.224 e. The third kappa shape index (κ3) is 5.09. The quantitative estimate of drug-likeness (QED) is 0.146. The standard InChI is InChI=1S/C18H32O16/c19-1-5-8(22)11(25)13(27)16(31-5)30-3-7-9(23)12(26)14(28)17(32-7)34-18(4-21)15(29)10(24)6(2-20)33-18/h5-17,19-29H,1-4H2/t5-,6-,7+,8+,9-,10-,11-,12-,13-,14-,15+,16+,17-,18+/m1/s1. The monoisotopic (exact) mass is 504 g/mol. The van der Waals surface area contributed by atoms with Gasteiger partial charge in [0.05, 0.1) is 19.8 Å².